The molecule has 0 radical (unpaired) electrons. The molecule has 8 heteroatoms. The van der Waals surface area contributed by atoms with Crippen LogP contribution in [0.4, 0.5) is 5.69 Å². The van der Waals surface area contributed by atoms with Gasteiger partial charge < -0.3 is 4.98 Å². The molecule has 2 unspecified atom stereocenters. The number of piperidine rings is 1. The Morgan fingerprint density at radius 3 is 2.83 bits per heavy atom. The molecule has 2 N–H and O–H groups in total. The van der Waals surface area contributed by atoms with Crippen LogP contribution in [-0.2, 0) is 9.59 Å². The molecule has 2 aliphatic rings. The Kier molecular flexibility index (Phi) is 3.12. The summed E-state index contributed by atoms with van der Waals surface area (Å²) in [6, 6.07) is 5.38. The van der Waals surface area contributed by atoms with Crippen molar-refractivity contribution in [3.8, 4) is 0 Å². The number of carbonyl (C=O) groups is 2. The molecular formula is C16H14N4O4. The van der Waals surface area contributed by atoms with Gasteiger partial charge in [0.1, 0.15) is 5.69 Å². The summed E-state index contributed by atoms with van der Waals surface area (Å²) in [6.45, 7) is 0. The topological polar surface area (TPSA) is 108 Å². The lowest BCUT2D eigenvalue weighted by molar-refractivity contribution is -0.485. The highest BCUT2D eigenvalue weighted by molar-refractivity contribution is 6.00. The number of H-pyrrole nitrogens is 1. The third-order valence-corrected chi connectivity index (χ3v) is 4.65. The first kappa shape index (κ1) is 14.4. The van der Waals surface area contributed by atoms with E-state index >= 15 is 0 Å². The highest BCUT2D eigenvalue weighted by Gasteiger charge is 2.39. The number of fused-ring (bicyclic) bond motifs is 3. The second kappa shape index (κ2) is 5.19. The minimum absolute atomic E-state index is 0.274. The maximum absolute atomic E-state index is 12.3. The van der Waals surface area contributed by atoms with Crippen molar-refractivity contribution in [2.45, 2.75) is 18.8 Å². The average molecular weight is 326 g/mol. The highest BCUT2D eigenvalue weighted by atomic mass is 16.7. The first-order chi connectivity index (χ1) is 11.6. The van der Waals surface area contributed by atoms with Crippen molar-refractivity contribution in [3.05, 3.63) is 52.3 Å². The lowest BCUT2D eigenvalue weighted by Gasteiger charge is -2.31. The smallest absolute Gasteiger partial charge is 0.230 e. The van der Waals surface area contributed by atoms with Gasteiger partial charge in [0.15, 0.2) is 5.03 Å². The van der Waals surface area contributed by atoms with Crippen LogP contribution in [-0.4, -0.2) is 21.8 Å². The monoisotopic (exact) mass is 326 g/mol. The van der Waals surface area contributed by atoms with E-state index in [1.54, 1.807) is 18.3 Å². The van der Waals surface area contributed by atoms with E-state index in [4.69, 9.17) is 0 Å². The molecule has 1 saturated heterocycles. The first-order valence-corrected chi connectivity index (χ1v) is 7.62. The van der Waals surface area contributed by atoms with Crippen LogP contribution in [0.2, 0.25) is 0 Å². The molecule has 2 atom stereocenters. The van der Waals surface area contributed by atoms with Crippen LogP contribution in [0.25, 0.3) is 10.9 Å². The number of hydrogen-bond acceptors (Lipinski definition) is 4. The number of imide groups is 1. The van der Waals surface area contributed by atoms with Crippen molar-refractivity contribution >= 4 is 28.4 Å². The molecule has 2 aliphatic heterocycles. The Hall–Kier alpha value is -3.16. The SMILES string of the molecule is O=C1CCC(C2C=CN([N+](=O)[O-])c3ccc4cc[nH]c4c32)C(=O)N1. The quantitative estimate of drug-likeness (QED) is 0.497. The van der Waals surface area contributed by atoms with Crippen molar-refractivity contribution in [2.75, 3.05) is 5.01 Å². The number of nitrogens with zero attached hydrogens (tertiary/aromatic N) is 2. The van der Waals surface area contributed by atoms with Gasteiger partial charge in [-0.25, -0.2) is 10.1 Å². The first-order valence-electron chi connectivity index (χ1n) is 7.62. The van der Waals surface area contributed by atoms with Crippen LogP contribution in [0.15, 0.2) is 36.7 Å². The Bertz CT molecular complexity index is 901. The van der Waals surface area contributed by atoms with E-state index in [0.717, 1.165) is 15.9 Å². The van der Waals surface area contributed by atoms with Gasteiger partial charge in [0.2, 0.25) is 11.8 Å². The lowest BCUT2D eigenvalue weighted by atomic mass is 9.78. The van der Waals surface area contributed by atoms with Crippen LogP contribution < -0.4 is 10.3 Å². The number of allylic oxidation sites excluding steroid dienone is 1. The summed E-state index contributed by atoms with van der Waals surface area (Å²) >= 11 is 0. The largest absolute Gasteiger partial charge is 0.361 e. The van der Waals surface area contributed by atoms with Crippen molar-refractivity contribution in [1.82, 2.24) is 10.3 Å². The zero-order valence-electron chi connectivity index (χ0n) is 12.6. The number of benzene rings is 1. The van der Waals surface area contributed by atoms with Crippen LogP contribution in [0.5, 0.6) is 0 Å². The molecule has 3 heterocycles. The molecule has 2 amide bonds. The van der Waals surface area contributed by atoms with Gasteiger partial charge in [-0.2, -0.15) is 0 Å². The maximum atomic E-state index is 12.3. The molecule has 1 fully saturated rings. The van der Waals surface area contributed by atoms with Crippen LogP contribution in [0, 0.1) is 16.0 Å². The van der Waals surface area contributed by atoms with Crippen LogP contribution in [0.3, 0.4) is 0 Å². The molecule has 1 aromatic carbocycles. The van der Waals surface area contributed by atoms with Gasteiger partial charge in [0, 0.05) is 30.0 Å². The summed E-state index contributed by atoms with van der Waals surface area (Å²) in [5.41, 5.74) is 1.93. The number of aromatic amines is 1. The number of nitro groups is 1. The summed E-state index contributed by atoms with van der Waals surface area (Å²) in [5, 5.41) is 15.1. The standard InChI is InChI=1S/C16H14N4O4/c21-13-4-2-11(16(22)18-13)10-6-8-19(20(23)24)12-3-1-9-5-7-17-15(9)14(10)12/h1,3,5-8,10-11,17H,2,4H2,(H,18,21,22). The van der Waals surface area contributed by atoms with E-state index in [1.165, 1.54) is 6.20 Å². The molecule has 0 bridgehead atoms. The van der Waals surface area contributed by atoms with Gasteiger partial charge in [-0.05, 0) is 23.9 Å². The fourth-order valence-electron chi connectivity index (χ4n) is 3.56. The summed E-state index contributed by atoms with van der Waals surface area (Å²) in [5.74, 6) is -1.36. The molecule has 24 heavy (non-hydrogen) atoms. The van der Waals surface area contributed by atoms with Crippen molar-refractivity contribution in [2.24, 2.45) is 5.92 Å². The van der Waals surface area contributed by atoms with Gasteiger partial charge in [-0.3, -0.25) is 14.9 Å². The third kappa shape index (κ3) is 2.07. The minimum Gasteiger partial charge on any atom is -0.361 e. The molecular weight excluding hydrogens is 312 g/mol. The molecule has 122 valence electrons. The predicted octanol–water partition coefficient (Wildman–Crippen LogP) is 1.83. The van der Waals surface area contributed by atoms with E-state index in [-0.39, 0.29) is 24.2 Å². The third-order valence-electron chi connectivity index (χ3n) is 4.65. The van der Waals surface area contributed by atoms with Gasteiger partial charge in [0.25, 0.3) is 0 Å². The Morgan fingerprint density at radius 2 is 2.08 bits per heavy atom. The number of aromatic nitrogens is 1. The predicted molar refractivity (Wildman–Crippen MR) is 85.5 cm³/mol. The molecule has 4 rings (SSSR count). The Balaban J connectivity index is 1.87. The summed E-state index contributed by atoms with van der Waals surface area (Å²) in [7, 11) is 0. The molecule has 0 saturated carbocycles. The Morgan fingerprint density at radius 1 is 1.25 bits per heavy atom. The zero-order valence-corrected chi connectivity index (χ0v) is 12.6. The maximum Gasteiger partial charge on any atom is 0.230 e. The number of hydrogen-bond donors (Lipinski definition) is 2. The van der Waals surface area contributed by atoms with E-state index < -0.39 is 11.0 Å². The summed E-state index contributed by atoms with van der Waals surface area (Å²) in [4.78, 5) is 38.1. The molecule has 8 nitrogen and oxygen atoms in total. The van der Waals surface area contributed by atoms with Crippen molar-refractivity contribution < 1.29 is 14.6 Å². The van der Waals surface area contributed by atoms with E-state index in [9.17, 15) is 19.7 Å². The number of carbonyl (C=O) groups excluding carboxylic acids is 2. The highest BCUT2D eigenvalue weighted by Crippen LogP contribution is 2.43. The number of nitrogens with one attached hydrogen (secondary N) is 2. The second-order valence-electron chi connectivity index (χ2n) is 5.95. The minimum atomic E-state index is -0.495. The fraction of sp³-hybridized carbons (Fsp3) is 0.250. The molecule has 1 aromatic heterocycles. The lowest BCUT2D eigenvalue weighted by Crippen LogP contribution is -2.43. The van der Waals surface area contributed by atoms with Crippen molar-refractivity contribution in [1.29, 1.82) is 0 Å². The van der Waals surface area contributed by atoms with Gasteiger partial charge >= 0.3 is 0 Å². The fourth-order valence-corrected chi connectivity index (χ4v) is 3.56. The van der Waals surface area contributed by atoms with Gasteiger partial charge in [-0.15, -0.1) is 0 Å². The van der Waals surface area contributed by atoms with Gasteiger partial charge in [0.05, 0.1) is 11.7 Å². The average Bonchev–Trinajstić information content (AvgIpc) is 3.02. The number of amides is 2. The van der Waals surface area contributed by atoms with E-state index in [2.05, 4.69) is 10.3 Å². The second-order valence-corrected chi connectivity index (χ2v) is 5.95. The van der Waals surface area contributed by atoms with E-state index in [0.29, 0.717) is 17.7 Å². The number of rotatable bonds is 2. The van der Waals surface area contributed by atoms with Crippen LogP contribution >= 0.6 is 0 Å². The molecule has 0 spiro atoms. The zero-order chi connectivity index (χ0) is 16.8. The molecule has 2 aromatic rings. The van der Waals surface area contributed by atoms with Crippen LogP contribution in [0.1, 0.15) is 24.3 Å². The number of anilines is 1. The van der Waals surface area contributed by atoms with Gasteiger partial charge in [-0.1, -0.05) is 17.2 Å². The molecule has 0 aliphatic carbocycles. The summed E-state index contributed by atoms with van der Waals surface area (Å²) < 4.78 is 0. The normalized spacial score (nSPS) is 23.2. The summed E-state index contributed by atoms with van der Waals surface area (Å²) in [6.07, 6.45) is 5.52. The van der Waals surface area contributed by atoms with E-state index in [1.807, 2.05) is 12.1 Å². The van der Waals surface area contributed by atoms with Crippen molar-refractivity contribution in [3.63, 3.8) is 0 Å². The Labute approximate surface area is 136 Å². The number of hydrazine groups is 1.